The number of carbonyl (C=O) groups is 1. The van der Waals surface area contributed by atoms with Crippen molar-refractivity contribution in [1.82, 2.24) is 18.7 Å². The Morgan fingerprint density at radius 2 is 1.85 bits per heavy atom. The molecule has 1 amide bonds. The lowest BCUT2D eigenvalue weighted by Crippen LogP contribution is -2.37. The summed E-state index contributed by atoms with van der Waals surface area (Å²) in [6.45, 7) is 0.389. The Hall–Kier alpha value is -3.85. The van der Waals surface area contributed by atoms with Gasteiger partial charge < -0.3 is 14.6 Å². The van der Waals surface area contributed by atoms with Crippen LogP contribution in [0.2, 0.25) is 5.02 Å². The highest BCUT2D eigenvalue weighted by Crippen LogP contribution is 2.32. The number of rotatable bonds is 7. The van der Waals surface area contributed by atoms with Crippen LogP contribution in [0, 0.1) is 0 Å². The fourth-order valence-corrected chi connectivity index (χ4v) is 3.67. The molecule has 10 heteroatoms. The molecule has 0 atom stereocenters. The summed E-state index contributed by atoms with van der Waals surface area (Å²) in [6, 6.07) is 14.2. The molecule has 1 N–H and O–H groups in total. The first-order chi connectivity index (χ1) is 15.8. The van der Waals surface area contributed by atoms with Gasteiger partial charge in [0.25, 0.3) is 5.56 Å². The molecule has 2 heterocycles. The molecule has 0 unspecified atom stereocenters. The third kappa shape index (κ3) is 4.68. The van der Waals surface area contributed by atoms with Crippen LogP contribution in [0.15, 0.2) is 64.4 Å². The van der Waals surface area contributed by atoms with Crippen LogP contribution in [0.4, 0.5) is 5.69 Å². The molecular formula is C23H22ClN5O4. The van der Waals surface area contributed by atoms with Gasteiger partial charge in [-0.15, -0.1) is 0 Å². The smallest absolute Gasteiger partial charge is 0.332 e. The van der Waals surface area contributed by atoms with Crippen LogP contribution in [0.3, 0.4) is 0 Å². The molecule has 2 aromatic carbocycles. The number of nitrogens with one attached hydrogen (secondary N) is 1. The standard InChI is InChI=1S/C23H22ClN5O4/c1-27-21-20(22(31)28(2)23(27)32)29(14-25-21)12-6-9-19(30)26-17-13-15(24)10-11-18(17)33-16-7-4-3-5-8-16/h3-5,7-8,10-11,13-14H,6,9,12H2,1-2H3,(H,26,30). The first-order valence-corrected chi connectivity index (χ1v) is 10.7. The van der Waals surface area contributed by atoms with Gasteiger partial charge in [0.05, 0.1) is 12.0 Å². The molecule has 0 bridgehead atoms. The maximum Gasteiger partial charge on any atom is 0.332 e. The van der Waals surface area contributed by atoms with Gasteiger partial charge in [-0.25, -0.2) is 9.78 Å². The lowest BCUT2D eigenvalue weighted by Gasteiger charge is -2.13. The van der Waals surface area contributed by atoms with Gasteiger partial charge in [0.15, 0.2) is 16.9 Å². The second-order valence-electron chi connectivity index (χ2n) is 7.52. The molecule has 0 fully saturated rings. The van der Waals surface area contributed by atoms with E-state index in [9.17, 15) is 14.4 Å². The van der Waals surface area contributed by atoms with Crippen molar-refractivity contribution in [2.24, 2.45) is 14.1 Å². The first-order valence-electron chi connectivity index (χ1n) is 10.3. The van der Waals surface area contributed by atoms with Crippen molar-refractivity contribution >= 4 is 34.4 Å². The van der Waals surface area contributed by atoms with Gasteiger partial charge in [0, 0.05) is 32.1 Å². The molecule has 0 spiro atoms. The second-order valence-corrected chi connectivity index (χ2v) is 7.96. The molecular weight excluding hydrogens is 446 g/mol. The van der Waals surface area contributed by atoms with Crippen molar-refractivity contribution in [2.45, 2.75) is 19.4 Å². The fourth-order valence-electron chi connectivity index (χ4n) is 3.49. The van der Waals surface area contributed by atoms with Crippen molar-refractivity contribution in [2.75, 3.05) is 5.32 Å². The van der Waals surface area contributed by atoms with Crippen LogP contribution in [0.1, 0.15) is 12.8 Å². The van der Waals surface area contributed by atoms with Crippen molar-refractivity contribution in [3.63, 3.8) is 0 Å². The summed E-state index contributed by atoms with van der Waals surface area (Å²) in [5.41, 5.74) is 0.250. The number of para-hydroxylation sites is 1. The van der Waals surface area contributed by atoms with E-state index in [1.54, 1.807) is 29.8 Å². The van der Waals surface area contributed by atoms with E-state index in [-0.39, 0.29) is 12.3 Å². The average molecular weight is 468 g/mol. The van der Waals surface area contributed by atoms with Crippen LogP contribution in [0.5, 0.6) is 11.5 Å². The number of nitrogens with zero attached hydrogens (tertiary/aromatic N) is 4. The summed E-state index contributed by atoms with van der Waals surface area (Å²) in [7, 11) is 2.99. The third-order valence-electron chi connectivity index (χ3n) is 5.21. The number of aromatic nitrogens is 4. The number of anilines is 1. The number of carbonyl (C=O) groups excluding carboxylic acids is 1. The molecule has 0 saturated carbocycles. The molecule has 0 aliphatic carbocycles. The summed E-state index contributed by atoms with van der Waals surface area (Å²) in [5.74, 6) is 0.891. The lowest BCUT2D eigenvalue weighted by molar-refractivity contribution is -0.116. The Morgan fingerprint density at radius 1 is 1.09 bits per heavy atom. The maximum atomic E-state index is 12.6. The highest BCUT2D eigenvalue weighted by Gasteiger charge is 2.15. The first kappa shape index (κ1) is 22.3. The van der Waals surface area contributed by atoms with Crippen LogP contribution in [0.25, 0.3) is 11.2 Å². The molecule has 33 heavy (non-hydrogen) atoms. The number of benzene rings is 2. The van der Waals surface area contributed by atoms with Gasteiger partial charge in [-0.1, -0.05) is 29.8 Å². The molecule has 4 aromatic rings. The monoisotopic (exact) mass is 467 g/mol. The second kappa shape index (κ2) is 9.33. The highest BCUT2D eigenvalue weighted by molar-refractivity contribution is 6.31. The van der Waals surface area contributed by atoms with Crippen LogP contribution < -0.4 is 21.3 Å². The Kier molecular flexibility index (Phi) is 6.32. The number of ether oxygens (including phenoxy) is 1. The number of hydrogen-bond donors (Lipinski definition) is 1. The van der Waals surface area contributed by atoms with E-state index in [4.69, 9.17) is 16.3 Å². The molecule has 170 valence electrons. The Balaban J connectivity index is 1.44. The quantitative estimate of drug-likeness (QED) is 0.449. The van der Waals surface area contributed by atoms with Gasteiger partial charge in [-0.3, -0.25) is 18.7 Å². The minimum Gasteiger partial charge on any atom is -0.455 e. The van der Waals surface area contributed by atoms with Crippen molar-refractivity contribution < 1.29 is 9.53 Å². The molecule has 0 saturated heterocycles. The summed E-state index contributed by atoms with van der Waals surface area (Å²) in [5, 5.41) is 3.31. The molecule has 0 radical (unpaired) electrons. The Labute approximate surface area is 193 Å². The normalized spacial score (nSPS) is 11.0. The third-order valence-corrected chi connectivity index (χ3v) is 5.44. The van der Waals surface area contributed by atoms with E-state index < -0.39 is 11.2 Å². The largest absolute Gasteiger partial charge is 0.455 e. The van der Waals surface area contributed by atoms with Crippen LogP contribution in [-0.2, 0) is 25.4 Å². The zero-order valence-corrected chi connectivity index (χ0v) is 18.9. The Bertz CT molecular complexity index is 1440. The van der Waals surface area contributed by atoms with E-state index in [0.29, 0.717) is 46.3 Å². The average Bonchev–Trinajstić information content (AvgIpc) is 3.23. The predicted octanol–water partition coefficient (Wildman–Crippen LogP) is 3.30. The number of fused-ring (bicyclic) bond motifs is 1. The minimum absolute atomic E-state index is 0.197. The number of halogens is 1. The SMILES string of the molecule is Cn1c(=O)c2c(ncn2CCCC(=O)Nc2cc(Cl)ccc2Oc2ccccc2)n(C)c1=O. The van der Waals surface area contributed by atoms with E-state index >= 15 is 0 Å². The van der Waals surface area contributed by atoms with Gasteiger partial charge >= 0.3 is 5.69 Å². The highest BCUT2D eigenvalue weighted by atomic mass is 35.5. The van der Waals surface area contributed by atoms with E-state index in [2.05, 4.69) is 10.3 Å². The lowest BCUT2D eigenvalue weighted by atomic mass is 10.2. The molecule has 9 nitrogen and oxygen atoms in total. The molecule has 4 rings (SSSR count). The topological polar surface area (TPSA) is 100 Å². The van der Waals surface area contributed by atoms with Crippen molar-refractivity contribution in [3.8, 4) is 11.5 Å². The maximum absolute atomic E-state index is 12.6. The summed E-state index contributed by atoms with van der Waals surface area (Å²) in [6.07, 6.45) is 2.16. The molecule has 2 aromatic heterocycles. The minimum atomic E-state index is -0.438. The van der Waals surface area contributed by atoms with E-state index in [0.717, 1.165) is 4.57 Å². The van der Waals surface area contributed by atoms with Gasteiger partial charge in [0.2, 0.25) is 5.91 Å². The zero-order chi connectivity index (χ0) is 23.5. The number of hydrogen-bond acceptors (Lipinski definition) is 5. The van der Waals surface area contributed by atoms with Gasteiger partial charge in [0.1, 0.15) is 5.75 Å². The number of amides is 1. The summed E-state index contributed by atoms with van der Waals surface area (Å²) < 4.78 is 9.90. The van der Waals surface area contributed by atoms with Crippen LogP contribution >= 0.6 is 11.6 Å². The Morgan fingerprint density at radius 3 is 2.61 bits per heavy atom. The number of aryl methyl sites for hydroxylation is 2. The van der Waals surface area contributed by atoms with Gasteiger partial charge in [-0.05, 0) is 36.8 Å². The van der Waals surface area contributed by atoms with Crippen molar-refractivity contribution in [1.29, 1.82) is 0 Å². The van der Waals surface area contributed by atoms with E-state index in [1.807, 2.05) is 30.3 Å². The van der Waals surface area contributed by atoms with Crippen molar-refractivity contribution in [3.05, 3.63) is 80.7 Å². The van der Waals surface area contributed by atoms with Crippen LogP contribution in [-0.4, -0.2) is 24.6 Å². The zero-order valence-electron chi connectivity index (χ0n) is 18.1. The molecule has 0 aliphatic heterocycles. The molecule has 0 aliphatic rings. The van der Waals surface area contributed by atoms with Gasteiger partial charge in [-0.2, -0.15) is 0 Å². The van der Waals surface area contributed by atoms with E-state index in [1.165, 1.54) is 17.9 Å². The predicted molar refractivity (Wildman–Crippen MR) is 126 cm³/mol. The summed E-state index contributed by atoms with van der Waals surface area (Å²) >= 11 is 6.11. The summed E-state index contributed by atoms with van der Waals surface area (Å²) in [4.78, 5) is 41.4. The number of imidazole rings is 1. The fraction of sp³-hybridized carbons (Fsp3) is 0.217.